The van der Waals surface area contributed by atoms with Gasteiger partial charge in [-0.1, -0.05) is 29.8 Å². The molecule has 1 aromatic heterocycles. The molecule has 63 heavy (non-hydrogen) atoms. The van der Waals surface area contributed by atoms with Crippen molar-refractivity contribution in [3.05, 3.63) is 98.7 Å². The fourth-order valence-electron chi connectivity index (χ4n) is 7.11. The number of nitrogens with zero attached hydrogens (tertiary/aromatic N) is 2. The molecule has 5 amide bonds. The smallest absolute Gasteiger partial charge is 0.407 e. The highest BCUT2D eigenvalue weighted by molar-refractivity contribution is 6.00. The first-order valence-corrected chi connectivity index (χ1v) is 20.7. The lowest BCUT2D eigenvalue weighted by atomic mass is 9.93. The van der Waals surface area contributed by atoms with Crippen LogP contribution in [0.1, 0.15) is 84.6 Å². The summed E-state index contributed by atoms with van der Waals surface area (Å²) in [5.41, 5.74) is 14.3. The zero-order valence-corrected chi connectivity index (χ0v) is 36.7. The summed E-state index contributed by atoms with van der Waals surface area (Å²) in [5, 5.41) is 17.5. The lowest BCUT2D eigenvalue weighted by Crippen LogP contribution is -2.54. The van der Waals surface area contributed by atoms with E-state index in [4.69, 9.17) is 25.7 Å². The molecule has 4 aromatic rings. The van der Waals surface area contributed by atoms with E-state index >= 15 is 0 Å². The topological polar surface area (TPSA) is 278 Å². The number of hydrogen-bond acceptors (Lipinski definition) is 12. The predicted molar refractivity (Wildman–Crippen MR) is 234 cm³/mol. The average molecular weight is 871 g/mol. The molecule has 0 unspecified atom stereocenters. The van der Waals surface area contributed by atoms with Gasteiger partial charge in [0.05, 0.1) is 6.04 Å². The number of amides is 5. The molecule has 0 aliphatic carbocycles. The van der Waals surface area contributed by atoms with E-state index in [1.54, 1.807) is 70.2 Å². The first-order chi connectivity index (χ1) is 29.9. The SMILES string of the molecule is Cc1ccc(C(=O)N[C@@H](CCNC(=O)OC(C)(C)C)C(=O)N(C)[C@@H]2C(=O)N[C@@H](C)C(=O)N[C@H](c3n[nH]c(=O)[nH]3)Cc3ccc(OCCN)c(c3)-c3cc2ccc3OCCN)c(C)c1. The number of ether oxygens (including phenoxy) is 3. The van der Waals surface area contributed by atoms with Gasteiger partial charge in [0.1, 0.15) is 48.4 Å². The van der Waals surface area contributed by atoms with Crippen LogP contribution in [-0.2, 0) is 25.5 Å². The van der Waals surface area contributed by atoms with Gasteiger partial charge in [-0.25, -0.2) is 14.7 Å². The summed E-state index contributed by atoms with van der Waals surface area (Å²) in [7, 11) is 1.41. The zero-order valence-electron chi connectivity index (χ0n) is 36.7. The van der Waals surface area contributed by atoms with E-state index in [1.807, 2.05) is 19.1 Å². The van der Waals surface area contributed by atoms with Gasteiger partial charge in [-0.3, -0.25) is 24.2 Å². The molecule has 0 spiro atoms. The van der Waals surface area contributed by atoms with Gasteiger partial charge >= 0.3 is 11.8 Å². The molecule has 0 saturated heterocycles. The minimum atomic E-state index is -1.41. The maximum atomic E-state index is 14.8. The molecular formula is C44H58N10O9. The molecule has 2 heterocycles. The molecule has 19 nitrogen and oxygen atoms in total. The fraction of sp³-hybridized carbons (Fsp3) is 0.432. The van der Waals surface area contributed by atoms with Crippen LogP contribution in [0.15, 0.2) is 59.4 Å². The first-order valence-electron chi connectivity index (χ1n) is 20.7. The Morgan fingerprint density at radius 3 is 2.19 bits per heavy atom. The number of fused-ring (bicyclic) bond motifs is 5. The number of hydrogen-bond donors (Lipinski definition) is 8. The van der Waals surface area contributed by atoms with Gasteiger partial charge in [0, 0.05) is 43.4 Å². The highest BCUT2D eigenvalue weighted by atomic mass is 16.6. The Hall–Kier alpha value is -6.73. The second-order valence-corrected chi connectivity index (χ2v) is 16.3. The molecule has 19 heteroatoms. The van der Waals surface area contributed by atoms with E-state index < -0.39 is 65.2 Å². The van der Waals surface area contributed by atoms with Gasteiger partial charge < -0.3 is 51.8 Å². The van der Waals surface area contributed by atoms with E-state index in [-0.39, 0.29) is 51.5 Å². The van der Waals surface area contributed by atoms with Crippen molar-refractivity contribution >= 4 is 29.7 Å². The number of nitrogens with two attached hydrogens (primary N) is 2. The second-order valence-electron chi connectivity index (χ2n) is 16.3. The number of alkyl carbamates (subject to hydrolysis) is 1. The van der Waals surface area contributed by atoms with E-state index in [0.717, 1.165) is 5.56 Å². The molecule has 3 aromatic carbocycles. The number of aromatic nitrogens is 3. The molecule has 5 rings (SSSR count). The van der Waals surface area contributed by atoms with Gasteiger partial charge in [0.2, 0.25) is 17.7 Å². The Labute approximate surface area is 365 Å². The monoisotopic (exact) mass is 870 g/mol. The Kier molecular flexibility index (Phi) is 15.7. The first kappa shape index (κ1) is 47.3. The number of aromatic amines is 2. The third kappa shape index (κ3) is 12.4. The molecule has 1 aliphatic heterocycles. The van der Waals surface area contributed by atoms with Crippen LogP contribution in [0.25, 0.3) is 11.1 Å². The Balaban J connectivity index is 1.63. The van der Waals surface area contributed by atoms with Crippen molar-refractivity contribution < 1.29 is 38.2 Å². The summed E-state index contributed by atoms with van der Waals surface area (Å²) in [6, 6.07) is 10.9. The summed E-state index contributed by atoms with van der Waals surface area (Å²) in [4.78, 5) is 85.8. The average Bonchev–Trinajstić information content (AvgIpc) is 3.66. The summed E-state index contributed by atoms with van der Waals surface area (Å²) in [6.45, 7) is 10.9. The Morgan fingerprint density at radius 1 is 0.905 bits per heavy atom. The Bertz CT molecular complexity index is 2350. The molecule has 4 atom stereocenters. The van der Waals surface area contributed by atoms with Crippen LogP contribution in [0.3, 0.4) is 0 Å². The highest BCUT2D eigenvalue weighted by Crippen LogP contribution is 2.40. The number of carbonyl (C=O) groups excluding carboxylic acids is 5. The lowest BCUT2D eigenvalue weighted by Gasteiger charge is -2.33. The van der Waals surface area contributed by atoms with Gasteiger partial charge in [0.15, 0.2) is 5.82 Å². The molecule has 4 bridgehead atoms. The minimum Gasteiger partial charge on any atom is -0.492 e. The molecule has 0 saturated carbocycles. The molecule has 0 fully saturated rings. The van der Waals surface area contributed by atoms with Crippen LogP contribution in [0.5, 0.6) is 11.5 Å². The van der Waals surface area contributed by atoms with Crippen molar-refractivity contribution in [2.75, 3.05) is 39.9 Å². The van der Waals surface area contributed by atoms with Crippen LogP contribution in [0.2, 0.25) is 0 Å². The van der Waals surface area contributed by atoms with E-state index in [1.165, 1.54) is 18.9 Å². The maximum Gasteiger partial charge on any atom is 0.407 e. The number of carbonyl (C=O) groups is 5. The minimum absolute atomic E-state index is 0.0813. The molecular weight excluding hydrogens is 813 g/mol. The van der Waals surface area contributed by atoms with E-state index in [0.29, 0.717) is 44.9 Å². The molecule has 10 N–H and O–H groups in total. The fourth-order valence-corrected chi connectivity index (χ4v) is 7.11. The Morgan fingerprint density at radius 2 is 1.57 bits per heavy atom. The summed E-state index contributed by atoms with van der Waals surface area (Å²) >= 11 is 0. The summed E-state index contributed by atoms with van der Waals surface area (Å²) in [5.74, 6) is -1.61. The van der Waals surface area contributed by atoms with Crippen LogP contribution in [-0.4, -0.2) is 107 Å². The second kappa shape index (κ2) is 20.9. The van der Waals surface area contributed by atoms with Crippen molar-refractivity contribution in [2.45, 2.75) is 84.2 Å². The number of likely N-dealkylation sites (N-methyl/N-ethyl adjacent to an activating group) is 1. The van der Waals surface area contributed by atoms with Crippen LogP contribution in [0.4, 0.5) is 4.79 Å². The summed E-state index contributed by atoms with van der Waals surface area (Å²) < 4.78 is 17.6. The maximum absolute atomic E-state index is 14.8. The molecule has 0 radical (unpaired) electrons. The standard InChI is InChI=1S/C44H58N10O9/c1-24-8-11-29(25(2)20-24)39(56)49-32(14-17-47-43(60)63-44(4,5)6)41(58)54(7)36-28-10-13-35(62-19-16-46)31(23-28)30-21-27(9-12-34(30)61-18-15-45)22-33(37-51-42(59)53-52-37)50-38(55)26(3)48-40(36)57/h8-13,20-21,23,26,32-33,36H,14-19,22,45-46H2,1-7H3,(H,47,60)(H,48,57)(H,49,56)(H,50,55)(H2,51,52,53,59)/t26-,32-,33-,36-/m0/s1. The number of benzene rings is 3. The van der Waals surface area contributed by atoms with Crippen molar-refractivity contribution in [1.29, 1.82) is 0 Å². The van der Waals surface area contributed by atoms with Crippen molar-refractivity contribution in [3.8, 4) is 22.6 Å². The number of rotatable bonds is 14. The van der Waals surface area contributed by atoms with E-state index in [2.05, 4.69) is 36.4 Å². The van der Waals surface area contributed by atoms with Gasteiger partial charge in [0.25, 0.3) is 5.91 Å². The third-order valence-corrected chi connectivity index (χ3v) is 10.1. The van der Waals surface area contributed by atoms with Gasteiger partial charge in [-0.2, -0.15) is 5.10 Å². The largest absolute Gasteiger partial charge is 0.492 e. The van der Waals surface area contributed by atoms with Crippen LogP contribution >= 0.6 is 0 Å². The van der Waals surface area contributed by atoms with Gasteiger partial charge in [-0.05, 0) is 101 Å². The zero-order chi connectivity index (χ0) is 46.0. The number of nitrogens with one attached hydrogen (secondary N) is 6. The predicted octanol–water partition coefficient (Wildman–Crippen LogP) is 2.19. The number of aryl methyl sites for hydroxylation is 2. The lowest BCUT2D eigenvalue weighted by molar-refractivity contribution is -0.141. The van der Waals surface area contributed by atoms with Crippen molar-refractivity contribution in [3.63, 3.8) is 0 Å². The quantitative estimate of drug-likeness (QED) is 0.0906. The van der Waals surface area contributed by atoms with Crippen molar-refractivity contribution in [1.82, 2.24) is 41.3 Å². The van der Waals surface area contributed by atoms with Gasteiger partial charge in [-0.15, -0.1) is 0 Å². The molecule has 1 aliphatic rings. The van der Waals surface area contributed by atoms with E-state index in [9.17, 15) is 28.8 Å². The number of H-pyrrole nitrogens is 2. The van der Waals surface area contributed by atoms with Crippen molar-refractivity contribution in [2.24, 2.45) is 11.5 Å². The summed E-state index contributed by atoms with van der Waals surface area (Å²) in [6.07, 6.45) is -0.646. The molecule has 338 valence electrons. The highest BCUT2D eigenvalue weighted by Gasteiger charge is 2.36. The normalized spacial score (nSPS) is 17.0. The third-order valence-electron chi connectivity index (χ3n) is 10.1. The van der Waals surface area contributed by atoms with Crippen LogP contribution in [0, 0.1) is 13.8 Å². The van der Waals surface area contributed by atoms with Crippen LogP contribution < -0.4 is 47.9 Å².